The summed E-state index contributed by atoms with van der Waals surface area (Å²) in [5.74, 6) is 5.14. The van der Waals surface area contributed by atoms with Gasteiger partial charge in [0.25, 0.3) is 0 Å². The molecule has 4 nitrogen and oxygen atoms in total. The van der Waals surface area contributed by atoms with Crippen molar-refractivity contribution in [3.63, 3.8) is 0 Å². The monoisotopic (exact) mass is 219 g/mol. The molecule has 16 heavy (non-hydrogen) atoms. The van der Waals surface area contributed by atoms with Gasteiger partial charge >= 0.3 is 5.97 Å². The molecular weight excluding hydrogens is 206 g/mol. The Bertz CT molecular complexity index is 443. The first-order chi connectivity index (χ1) is 7.69. The van der Waals surface area contributed by atoms with E-state index in [0.29, 0.717) is 23.2 Å². The van der Waals surface area contributed by atoms with E-state index in [-0.39, 0.29) is 6.61 Å². The second-order valence-electron chi connectivity index (χ2n) is 3.07. The lowest BCUT2D eigenvalue weighted by molar-refractivity contribution is 0.0601. The third-order valence-corrected chi connectivity index (χ3v) is 1.93. The Hall–Kier alpha value is -1.99. The molecular formula is C12H13NO3. The van der Waals surface area contributed by atoms with E-state index in [1.807, 2.05) is 0 Å². The van der Waals surface area contributed by atoms with E-state index in [9.17, 15) is 4.79 Å². The smallest absolute Gasteiger partial charge is 0.337 e. The highest BCUT2D eigenvalue weighted by atomic mass is 16.5. The molecule has 0 amide bonds. The van der Waals surface area contributed by atoms with Crippen molar-refractivity contribution < 1.29 is 14.6 Å². The van der Waals surface area contributed by atoms with Crippen molar-refractivity contribution in [3.05, 3.63) is 29.3 Å². The number of nitrogen functional groups attached to an aromatic ring is 1. The molecule has 0 saturated carbocycles. The van der Waals surface area contributed by atoms with Crippen LogP contribution in [-0.2, 0) is 4.74 Å². The summed E-state index contributed by atoms with van der Waals surface area (Å²) in [7, 11) is 1.31. The maximum absolute atomic E-state index is 11.2. The molecule has 84 valence electrons. The van der Waals surface area contributed by atoms with Crippen molar-refractivity contribution in [3.8, 4) is 11.8 Å². The number of rotatable bonds is 2. The summed E-state index contributed by atoms with van der Waals surface area (Å²) in [6, 6.07) is 4.78. The standard InChI is InChI=1S/C12H13NO3/c1-16-12(15)10-6-5-9(11(13)8-10)4-2-3-7-14/h5-6,8,14H,3,7,13H2,1H3. The SMILES string of the molecule is COC(=O)c1ccc(C#CCCO)c(N)c1. The third-order valence-electron chi connectivity index (χ3n) is 1.93. The molecule has 0 unspecified atom stereocenters. The number of methoxy groups -OCH3 is 1. The number of aliphatic hydroxyl groups excluding tert-OH is 1. The summed E-state index contributed by atoms with van der Waals surface area (Å²) in [4.78, 5) is 11.2. The number of aliphatic hydroxyl groups is 1. The Morgan fingerprint density at radius 2 is 2.31 bits per heavy atom. The number of ether oxygens (including phenoxy) is 1. The number of carbonyl (C=O) groups is 1. The molecule has 0 saturated heterocycles. The van der Waals surface area contributed by atoms with Gasteiger partial charge in [-0.1, -0.05) is 11.8 Å². The number of hydrogen-bond acceptors (Lipinski definition) is 4. The molecule has 3 N–H and O–H groups in total. The lowest BCUT2D eigenvalue weighted by Crippen LogP contribution is -2.02. The Kier molecular flexibility index (Phi) is 4.37. The molecule has 1 rings (SSSR count). The maximum atomic E-state index is 11.2. The minimum Gasteiger partial charge on any atom is -0.465 e. The number of esters is 1. The predicted molar refractivity (Wildman–Crippen MR) is 60.8 cm³/mol. The Balaban J connectivity index is 2.93. The van der Waals surface area contributed by atoms with Crippen molar-refractivity contribution >= 4 is 11.7 Å². The second kappa shape index (κ2) is 5.79. The summed E-state index contributed by atoms with van der Waals surface area (Å²) in [5.41, 5.74) is 7.18. The molecule has 4 heteroatoms. The van der Waals surface area contributed by atoms with Crippen LogP contribution in [0.1, 0.15) is 22.3 Å². The molecule has 0 spiro atoms. The molecule has 1 aromatic carbocycles. The Labute approximate surface area is 94.0 Å². The first-order valence-corrected chi connectivity index (χ1v) is 4.76. The zero-order valence-corrected chi connectivity index (χ0v) is 8.99. The molecule has 0 bridgehead atoms. The lowest BCUT2D eigenvalue weighted by Gasteiger charge is -2.02. The molecule has 0 heterocycles. The molecule has 0 atom stereocenters. The predicted octanol–water partition coefficient (Wildman–Crippen LogP) is 0.789. The van der Waals surface area contributed by atoms with E-state index in [1.165, 1.54) is 13.2 Å². The molecule has 0 aliphatic heterocycles. The van der Waals surface area contributed by atoms with Crippen LogP contribution >= 0.6 is 0 Å². The van der Waals surface area contributed by atoms with Gasteiger partial charge in [-0.05, 0) is 18.2 Å². The summed E-state index contributed by atoms with van der Waals surface area (Å²) in [6.45, 7) is 0.0210. The van der Waals surface area contributed by atoms with Crippen molar-refractivity contribution in [1.82, 2.24) is 0 Å². The van der Waals surface area contributed by atoms with Gasteiger partial charge in [-0.25, -0.2) is 4.79 Å². The lowest BCUT2D eigenvalue weighted by atomic mass is 10.1. The van der Waals surface area contributed by atoms with Gasteiger partial charge in [0.2, 0.25) is 0 Å². The van der Waals surface area contributed by atoms with Gasteiger partial charge in [0.1, 0.15) is 0 Å². The molecule has 0 fully saturated rings. The molecule has 0 aromatic heterocycles. The topological polar surface area (TPSA) is 72.5 Å². The van der Waals surface area contributed by atoms with Gasteiger partial charge in [0, 0.05) is 17.7 Å². The average molecular weight is 219 g/mol. The van der Waals surface area contributed by atoms with Crippen molar-refractivity contribution in [1.29, 1.82) is 0 Å². The fourth-order valence-corrected chi connectivity index (χ4v) is 1.14. The number of benzene rings is 1. The van der Waals surface area contributed by atoms with Gasteiger partial charge in [-0.3, -0.25) is 0 Å². The first kappa shape index (κ1) is 12.1. The van der Waals surface area contributed by atoms with Crippen LogP contribution in [0.25, 0.3) is 0 Å². The Morgan fingerprint density at radius 1 is 1.56 bits per heavy atom. The number of anilines is 1. The van der Waals surface area contributed by atoms with Gasteiger partial charge in [-0.2, -0.15) is 0 Å². The van der Waals surface area contributed by atoms with Gasteiger partial charge in [-0.15, -0.1) is 0 Å². The highest BCUT2D eigenvalue weighted by molar-refractivity contribution is 5.90. The number of carbonyl (C=O) groups excluding carboxylic acids is 1. The van der Waals surface area contributed by atoms with Crippen LogP contribution < -0.4 is 5.73 Å². The molecule has 1 aromatic rings. The number of hydrogen-bond donors (Lipinski definition) is 2. The Morgan fingerprint density at radius 3 is 2.88 bits per heavy atom. The van der Waals surface area contributed by atoms with Crippen LogP contribution in [0.15, 0.2) is 18.2 Å². The largest absolute Gasteiger partial charge is 0.465 e. The van der Waals surface area contributed by atoms with Gasteiger partial charge < -0.3 is 15.6 Å². The van der Waals surface area contributed by atoms with Crippen molar-refractivity contribution in [2.24, 2.45) is 0 Å². The van der Waals surface area contributed by atoms with E-state index in [0.717, 1.165) is 0 Å². The van der Waals surface area contributed by atoms with Crippen molar-refractivity contribution in [2.45, 2.75) is 6.42 Å². The summed E-state index contributed by atoms with van der Waals surface area (Å²) < 4.78 is 4.57. The maximum Gasteiger partial charge on any atom is 0.337 e. The van der Waals surface area contributed by atoms with Crippen LogP contribution in [0.4, 0.5) is 5.69 Å². The fourth-order valence-electron chi connectivity index (χ4n) is 1.14. The average Bonchev–Trinajstić information content (AvgIpc) is 2.30. The van der Waals surface area contributed by atoms with Crippen LogP contribution in [0, 0.1) is 11.8 Å². The summed E-state index contributed by atoms with van der Waals surface area (Å²) in [6.07, 6.45) is 0.401. The van der Waals surface area contributed by atoms with E-state index in [2.05, 4.69) is 16.6 Å². The quantitative estimate of drug-likeness (QED) is 0.438. The van der Waals surface area contributed by atoms with Crippen LogP contribution in [-0.4, -0.2) is 24.8 Å². The van der Waals surface area contributed by atoms with E-state index >= 15 is 0 Å². The molecule has 0 aliphatic rings. The van der Waals surface area contributed by atoms with E-state index < -0.39 is 5.97 Å². The van der Waals surface area contributed by atoms with Gasteiger partial charge in [0.05, 0.1) is 19.3 Å². The normalized spacial score (nSPS) is 9.12. The fraction of sp³-hybridized carbons (Fsp3) is 0.250. The van der Waals surface area contributed by atoms with Crippen LogP contribution in [0.2, 0.25) is 0 Å². The molecule has 0 aliphatic carbocycles. The zero-order valence-electron chi connectivity index (χ0n) is 8.99. The minimum atomic E-state index is -0.429. The van der Waals surface area contributed by atoms with Crippen LogP contribution in [0.3, 0.4) is 0 Å². The summed E-state index contributed by atoms with van der Waals surface area (Å²) in [5, 5.41) is 8.57. The highest BCUT2D eigenvalue weighted by Gasteiger charge is 2.06. The summed E-state index contributed by atoms with van der Waals surface area (Å²) >= 11 is 0. The van der Waals surface area contributed by atoms with Gasteiger partial charge in [0.15, 0.2) is 0 Å². The van der Waals surface area contributed by atoms with E-state index in [4.69, 9.17) is 10.8 Å². The third kappa shape index (κ3) is 3.01. The highest BCUT2D eigenvalue weighted by Crippen LogP contribution is 2.13. The van der Waals surface area contributed by atoms with Crippen LogP contribution in [0.5, 0.6) is 0 Å². The van der Waals surface area contributed by atoms with Crippen molar-refractivity contribution in [2.75, 3.05) is 19.5 Å². The molecule has 0 radical (unpaired) electrons. The minimum absolute atomic E-state index is 0.0210. The zero-order chi connectivity index (χ0) is 12.0. The first-order valence-electron chi connectivity index (χ1n) is 4.76. The second-order valence-corrected chi connectivity index (χ2v) is 3.07. The van der Waals surface area contributed by atoms with E-state index in [1.54, 1.807) is 12.1 Å². The number of nitrogens with two attached hydrogens (primary N) is 1.